The largest absolute Gasteiger partial charge is 0.493 e. The Morgan fingerprint density at radius 1 is 0.975 bits per heavy atom. The van der Waals surface area contributed by atoms with Gasteiger partial charge in [-0.25, -0.2) is 0 Å². The standard InChI is InChI=1S/C31H31N5O4/c37-27-21-29(30-32-34-35-33-30)40-28-20-25(12-13-26(27)28)39-19-7-16-36-17-14-24(15-18-36)31(38,22-8-3-1-4-9-22)23-10-5-2-6-11-23/h1-6,8-13,20-21,24,38H,7,14-19H2,(H,32,33,34,35). The first kappa shape index (κ1) is 25.9. The molecule has 3 aromatic carbocycles. The van der Waals surface area contributed by atoms with E-state index in [0.717, 1.165) is 50.0 Å². The fourth-order valence-electron chi connectivity index (χ4n) is 5.68. The Bertz CT molecular complexity index is 1560. The van der Waals surface area contributed by atoms with Crippen molar-refractivity contribution in [1.29, 1.82) is 0 Å². The Labute approximate surface area is 231 Å². The number of fused-ring (bicyclic) bond motifs is 1. The smallest absolute Gasteiger partial charge is 0.239 e. The van der Waals surface area contributed by atoms with Gasteiger partial charge in [0.15, 0.2) is 11.2 Å². The van der Waals surface area contributed by atoms with Crippen LogP contribution in [0, 0.1) is 5.92 Å². The molecule has 1 fully saturated rings. The summed E-state index contributed by atoms with van der Waals surface area (Å²) in [5, 5.41) is 26.2. The highest BCUT2D eigenvalue weighted by Gasteiger charge is 2.41. The fraction of sp³-hybridized carbons (Fsp3) is 0.290. The third kappa shape index (κ3) is 5.25. The number of hydrogen-bond donors (Lipinski definition) is 2. The second-order valence-corrected chi connectivity index (χ2v) is 10.2. The molecule has 0 atom stereocenters. The lowest BCUT2D eigenvalue weighted by atomic mass is 9.72. The third-order valence-corrected chi connectivity index (χ3v) is 7.76. The molecule has 1 saturated heterocycles. The van der Waals surface area contributed by atoms with Crippen LogP contribution in [-0.2, 0) is 5.60 Å². The minimum atomic E-state index is -1.01. The molecular weight excluding hydrogens is 506 g/mol. The first-order valence-corrected chi connectivity index (χ1v) is 13.6. The van der Waals surface area contributed by atoms with Crippen molar-refractivity contribution in [3.63, 3.8) is 0 Å². The zero-order valence-electron chi connectivity index (χ0n) is 22.1. The van der Waals surface area contributed by atoms with Gasteiger partial charge in [0.05, 0.1) is 12.0 Å². The zero-order chi connectivity index (χ0) is 27.4. The second-order valence-electron chi connectivity index (χ2n) is 10.2. The van der Waals surface area contributed by atoms with E-state index < -0.39 is 5.60 Å². The maximum Gasteiger partial charge on any atom is 0.239 e. The number of aromatic nitrogens is 4. The topological polar surface area (TPSA) is 117 Å². The van der Waals surface area contributed by atoms with Crippen LogP contribution in [0.4, 0.5) is 0 Å². The molecule has 0 spiro atoms. The van der Waals surface area contributed by atoms with Gasteiger partial charge in [-0.1, -0.05) is 60.7 Å². The minimum absolute atomic E-state index is 0.134. The van der Waals surface area contributed by atoms with Crippen LogP contribution in [0.3, 0.4) is 0 Å². The number of piperidine rings is 1. The lowest BCUT2D eigenvalue weighted by molar-refractivity contribution is -0.0146. The number of hydrogen-bond acceptors (Lipinski definition) is 8. The van der Waals surface area contributed by atoms with Crippen LogP contribution in [0.1, 0.15) is 30.4 Å². The molecule has 0 radical (unpaired) electrons. The molecule has 40 heavy (non-hydrogen) atoms. The van der Waals surface area contributed by atoms with Crippen molar-refractivity contribution >= 4 is 11.0 Å². The van der Waals surface area contributed by atoms with Crippen LogP contribution >= 0.6 is 0 Å². The lowest BCUT2D eigenvalue weighted by Gasteiger charge is -2.42. The van der Waals surface area contributed by atoms with Crippen LogP contribution in [0.15, 0.2) is 94.1 Å². The number of benzene rings is 3. The molecule has 204 valence electrons. The van der Waals surface area contributed by atoms with E-state index in [1.165, 1.54) is 6.07 Å². The summed E-state index contributed by atoms with van der Waals surface area (Å²) in [6, 6.07) is 26.6. The number of rotatable bonds is 9. The summed E-state index contributed by atoms with van der Waals surface area (Å²) in [6.07, 6.45) is 2.68. The number of likely N-dealkylation sites (tertiary alicyclic amines) is 1. The van der Waals surface area contributed by atoms with Gasteiger partial charge in [0.25, 0.3) is 0 Å². The summed E-state index contributed by atoms with van der Waals surface area (Å²) in [6.45, 7) is 3.30. The van der Waals surface area contributed by atoms with Gasteiger partial charge in [0.2, 0.25) is 5.82 Å². The number of nitrogens with one attached hydrogen (secondary N) is 1. The van der Waals surface area contributed by atoms with Gasteiger partial charge in [-0.05, 0) is 66.7 Å². The monoisotopic (exact) mass is 537 g/mol. The van der Waals surface area contributed by atoms with Crippen LogP contribution in [0.5, 0.6) is 5.75 Å². The van der Waals surface area contributed by atoms with E-state index >= 15 is 0 Å². The highest BCUT2D eigenvalue weighted by molar-refractivity contribution is 5.79. The normalized spacial score (nSPS) is 14.9. The second kappa shape index (κ2) is 11.4. The van der Waals surface area contributed by atoms with E-state index in [2.05, 4.69) is 25.5 Å². The number of H-pyrrole nitrogens is 1. The number of tetrazole rings is 1. The van der Waals surface area contributed by atoms with Gasteiger partial charge in [-0.2, -0.15) is 5.21 Å². The van der Waals surface area contributed by atoms with Crippen LogP contribution in [0.2, 0.25) is 0 Å². The molecule has 1 aliphatic heterocycles. The van der Waals surface area contributed by atoms with Gasteiger partial charge < -0.3 is 19.2 Å². The third-order valence-electron chi connectivity index (χ3n) is 7.76. The van der Waals surface area contributed by atoms with Crippen LogP contribution < -0.4 is 10.2 Å². The summed E-state index contributed by atoms with van der Waals surface area (Å²) in [5.74, 6) is 1.24. The average molecular weight is 538 g/mol. The van der Waals surface area contributed by atoms with Crippen LogP contribution in [-0.4, -0.2) is 56.9 Å². The van der Waals surface area contributed by atoms with Gasteiger partial charge in [0, 0.05) is 18.7 Å². The molecule has 5 aromatic rings. The van der Waals surface area contributed by atoms with Crippen molar-refractivity contribution in [3.05, 3.63) is 106 Å². The van der Waals surface area contributed by atoms with Gasteiger partial charge >= 0.3 is 0 Å². The molecule has 2 aromatic heterocycles. The maximum atomic E-state index is 12.5. The summed E-state index contributed by atoms with van der Waals surface area (Å²) in [4.78, 5) is 14.9. The molecular formula is C31H31N5O4. The van der Waals surface area contributed by atoms with E-state index in [9.17, 15) is 9.90 Å². The molecule has 6 rings (SSSR count). The highest BCUT2D eigenvalue weighted by atomic mass is 16.5. The summed E-state index contributed by atoms with van der Waals surface area (Å²) in [5.41, 5.74) is 1.12. The Balaban J connectivity index is 1.05. The van der Waals surface area contributed by atoms with E-state index in [1.54, 1.807) is 18.2 Å². The summed E-state index contributed by atoms with van der Waals surface area (Å²) >= 11 is 0. The van der Waals surface area contributed by atoms with E-state index in [1.807, 2.05) is 60.7 Å². The molecule has 0 saturated carbocycles. The molecule has 0 aliphatic carbocycles. The Hall–Kier alpha value is -4.34. The number of ether oxygens (including phenoxy) is 1. The average Bonchev–Trinajstić information content (AvgIpc) is 3.55. The molecule has 3 heterocycles. The van der Waals surface area contributed by atoms with E-state index in [0.29, 0.717) is 23.3 Å². The maximum absolute atomic E-state index is 12.5. The van der Waals surface area contributed by atoms with Gasteiger partial charge in [-0.15, -0.1) is 10.2 Å². The predicted octanol–water partition coefficient (Wildman–Crippen LogP) is 4.39. The van der Waals surface area contributed by atoms with Crippen molar-refractivity contribution in [2.24, 2.45) is 5.92 Å². The van der Waals surface area contributed by atoms with Crippen molar-refractivity contribution < 1.29 is 14.3 Å². The van der Waals surface area contributed by atoms with Gasteiger partial charge in [0.1, 0.15) is 16.9 Å². The van der Waals surface area contributed by atoms with Crippen molar-refractivity contribution in [3.8, 4) is 17.3 Å². The molecule has 0 unspecified atom stereocenters. The quantitative estimate of drug-likeness (QED) is 0.266. The van der Waals surface area contributed by atoms with E-state index in [-0.39, 0.29) is 22.9 Å². The summed E-state index contributed by atoms with van der Waals surface area (Å²) < 4.78 is 11.8. The van der Waals surface area contributed by atoms with Crippen LogP contribution in [0.25, 0.3) is 22.6 Å². The Kier molecular flexibility index (Phi) is 7.39. The number of nitrogens with zero attached hydrogens (tertiary/aromatic N) is 4. The molecule has 9 heteroatoms. The van der Waals surface area contributed by atoms with E-state index in [4.69, 9.17) is 9.15 Å². The van der Waals surface area contributed by atoms with Crippen molar-refractivity contribution in [1.82, 2.24) is 25.5 Å². The minimum Gasteiger partial charge on any atom is -0.493 e. The fourth-order valence-corrected chi connectivity index (χ4v) is 5.68. The summed E-state index contributed by atoms with van der Waals surface area (Å²) in [7, 11) is 0. The molecule has 9 nitrogen and oxygen atoms in total. The predicted molar refractivity (Wildman–Crippen MR) is 151 cm³/mol. The zero-order valence-corrected chi connectivity index (χ0v) is 22.1. The lowest BCUT2D eigenvalue weighted by Crippen LogP contribution is -2.44. The Morgan fingerprint density at radius 3 is 2.33 bits per heavy atom. The molecule has 0 bridgehead atoms. The molecule has 2 N–H and O–H groups in total. The molecule has 1 aliphatic rings. The van der Waals surface area contributed by atoms with Gasteiger partial charge in [-0.3, -0.25) is 4.79 Å². The van der Waals surface area contributed by atoms with Crippen molar-refractivity contribution in [2.45, 2.75) is 24.9 Å². The number of aromatic amines is 1. The Morgan fingerprint density at radius 2 is 1.68 bits per heavy atom. The first-order chi connectivity index (χ1) is 19.6. The highest BCUT2D eigenvalue weighted by Crippen LogP contribution is 2.41. The van der Waals surface area contributed by atoms with Crippen molar-refractivity contribution in [2.75, 3.05) is 26.2 Å². The molecule has 0 amide bonds. The number of aliphatic hydroxyl groups is 1. The first-order valence-electron chi connectivity index (χ1n) is 13.6. The SMILES string of the molecule is O=c1cc(-c2nn[nH]n2)oc2cc(OCCCN3CCC(C(O)(c4ccccc4)c4ccccc4)CC3)ccc12.